The summed E-state index contributed by atoms with van der Waals surface area (Å²) >= 11 is 0. The van der Waals surface area contributed by atoms with E-state index in [1.165, 1.54) is 32.5 Å². The summed E-state index contributed by atoms with van der Waals surface area (Å²) in [6.07, 6.45) is 4.62. The van der Waals surface area contributed by atoms with E-state index < -0.39 is 5.60 Å². The largest absolute Gasteiger partial charge is 0.389 e. The molecule has 0 spiro atoms. The van der Waals surface area contributed by atoms with Gasteiger partial charge in [-0.3, -0.25) is 0 Å². The van der Waals surface area contributed by atoms with Crippen molar-refractivity contribution in [3.8, 4) is 0 Å². The first-order valence-corrected chi connectivity index (χ1v) is 6.79. The van der Waals surface area contributed by atoms with E-state index in [9.17, 15) is 5.11 Å². The van der Waals surface area contributed by atoms with Crippen LogP contribution in [0.1, 0.15) is 39.5 Å². The van der Waals surface area contributed by atoms with Crippen LogP contribution >= 0.6 is 0 Å². The molecule has 94 valence electrons. The molecule has 3 rings (SSSR count). The average molecular weight is 226 g/mol. The van der Waals surface area contributed by atoms with E-state index in [2.05, 4.69) is 17.1 Å². The van der Waals surface area contributed by atoms with Crippen molar-refractivity contribution in [1.82, 2.24) is 10.2 Å². The van der Waals surface area contributed by atoms with Crippen molar-refractivity contribution >= 4 is 0 Å². The van der Waals surface area contributed by atoms with Crippen molar-refractivity contribution in [2.45, 2.75) is 51.2 Å². The van der Waals surface area contributed by atoms with E-state index in [-0.39, 0.29) is 0 Å². The zero-order valence-electron chi connectivity index (χ0n) is 10.7. The molecule has 3 heteroatoms. The molecule has 0 aromatic heterocycles. The topological polar surface area (TPSA) is 35.5 Å². The van der Waals surface area contributed by atoms with Crippen LogP contribution in [-0.2, 0) is 0 Å². The van der Waals surface area contributed by atoms with Crippen LogP contribution in [0.5, 0.6) is 0 Å². The SMILES string of the molecule is CCCC(C)(O)CNC1CN2CCC1CC2. The van der Waals surface area contributed by atoms with Crippen LogP contribution in [-0.4, -0.2) is 47.8 Å². The Bertz CT molecular complexity index is 222. The van der Waals surface area contributed by atoms with Gasteiger partial charge in [-0.1, -0.05) is 13.3 Å². The summed E-state index contributed by atoms with van der Waals surface area (Å²) in [6, 6.07) is 0.617. The Morgan fingerprint density at radius 3 is 2.56 bits per heavy atom. The van der Waals surface area contributed by atoms with E-state index in [1.807, 2.05) is 6.92 Å². The van der Waals surface area contributed by atoms with Gasteiger partial charge in [-0.2, -0.15) is 0 Å². The maximum absolute atomic E-state index is 10.1. The molecule has 0 saturated carbocycles. The zero-order valence-corrected chi connectivity index (χ0v) is 10.7. The maximum Gasteiger partial charge on any atom is 0.0743 e. The second-order valence-corrected chi connectivity index (χ2v) is 5.87. The lowest BCUT2D eigenvalue weighted by atomic mass is 9.83. The molecule has 3 nitrogen and oxygen atoms in total. The van der Waals surface area contributed by atoms with E-state index in [4.69, 9.17) is 0 Å². The van der Waals surface area contributed by atoms with Gasteiger partial charge in [-0.25, -0.2) is 0 Å². The predicted molar refractivity (Wildman–Crippen MR) is 66.5 cm³/mol. The van der Waals surface area contributed by atoms with Gasteiger partial charge >= 0.3 is 0 Å². The van der Waals surface area contributed by atoms with Gasteiger partial charge < -0.3 is 15.3 Å². The number of nitrogens with zero attached hydrogens (tertiary/aromatic N) is 1. The molecule has 2 atom stereocenters. The molecule has 2 bridgehead atoms. The molecule has 3 aliphatic heterocycles. The molecule has 0 aromatic carbocycles. The van der Waals surface area contributed by atoms with Gasteiger partial charge in [0, 0.05) is 19.1 Å². The standard InChI is InChI=1S/C13H26N2O/c1-3-6-13(2,16)10-14-12-9-15-7-4-11(12)5-8-15/h11-12,14,16H,3-10H2,1-2H3. The second-order valence-electron chi connectivity index (χ2n) is 5.87. The summed E-state index contributed by atoms with van der Waals surface area (Å²) in [5, 5.41) is 13.7. The van der Waals surface area contributed by atoms with Crippen LogP contribution in [0, 0.1) is 5.92 Å². The van der Waals surface area contributed by atoms with Crippen molar-refractivity contribution in [2.24, 2.45) is 5.92 Å². The third-order valence-electron chi connectivity index (χ3n) is 4.19. The number of rotatable bonds is 5. The van der Waals surface area contributed by atoms with Gasteiger partial charge in [-0.15, -0.1) is 0 Å². The molecule has 16 heavy (non-hydrogen) atoms. The highest BCUT2D eigenvalue weighted by atomic mass is 16.3. The molecule has 3 heterocycles. The van der Waals surface area contributed by atoms with E-state index in [0.29, 0.717) is 6.04 Å². The Morgan fingerprint density at radius 1 is 1.38 bits per heavy atom. The fourth-order valence-electron chi connectivity index (χ4n) is 3.17. The number of hydrogen-bond donors (Lipinski definition) is 2. The zero-order chi connectivity index (χ0) is 11.6. The molecule has 2 unspecified atom stereocenters. The van der Waals surface area contributed by atoms with Crippen molar-refractivity contribution < 1.29 is 5.11 Å². The number of piperidine rings is 3. The van der Waals surface area contributed by atoms with Crippen LogP contribution in [0.4, 0.5) is 0 Å². The third kappa shape index (κ3) is 2.96. The Balaban J connectivity index is 1.78. The minimum Gasteiger partial charge on any atom is -0.389 e. The monoisotopic (exact) mass is 226 g/mol. The molecule has 0 radical (unpaired) electrons. The predicted octanol–water partition coefficient (Wildman–Crippen LogP) is 1.22. The summed E-state index contributed by atoms with van der Waals surface area (Å²) in [4.78, 5) is 2.55. The van der Waals surface area contributed by atoms with Crippen molar-refractivity contribution in [2.75, 3.05) is 26.2 Å². The lowest BCUT2D eigenvalue weighted by Crippen LogP contribution is -2.58. The number of fused-ring (bicyclic) bond motifs is 3. The Labute approximate surface area is 99.2 Å². The molecular weight excluding hydrogens is 200 g/mol. The average Bonchev–Trinajstić information content (AvgIpc) is 2.28. The minimum absolute atomic E-state index is 0.527. The van der Waals surface area contributed by atoms with Crippen molar-refractivity contribution in [3.05, 3.63) is 0 Å². The van der Waals surface area contributed by atoms with E-state index in [0.717, 1.165) is 25.3 Å². The molecule has 2 N–H and O–H groups in total. The van der Waals surface area contributed by atoms with Gasteiger partial charge in [0.25, 0.3) is 0 Å². The summed E-state index contributed by atoms with van der Waals surface area (Å²) in [7, 11) is 0. The molecule has 3 saturated heterocycles. The van der Waals surface area contributed by atoms with Crippen molar-refractivity contribution in [3.63, 3.8) is 0 Å². The fourth-order valence-corrected chi connectivity index (χ4v) is 3.17. The molecule has 0 aliphatic carbocycles. The summed E-state index contributed by atoms with van der Waals surface area (Å²) in [5.74, 6) is 0.849. The van der Waals surface area contributed by atoms with Gasteiger partial charge in [0.05, 0.1) is 5.60 Å². The normalized spacial score (nSPS) is 37.3. The van der Waals surface area contributed by atoms with Crippen molar-refractivity contribution in [1.29, 1.82) is 0 Å². The lowest BCUT2D eigenvalue weighted by molar-refractivity contribution is 0.0250. The molecule has 3 fully saturated rings. The Morgan fingerprint density at radius 2 is 2.06 bits per heavy atom. The lowest BCUT2D eigenvalue weighted by Gasteiger charge is -2.45. The summed E-state index contributed by atoms with van der Waals surface area (Å²) in [6.45, 7) is 8.58. The van der Waals surface area contributed by atoms with Crippen LogP contribution in [0.3, 0.4) is 0 Å². The minimum atomic E-state index is -0.527. The smallest absolute Gasteiger partial charge is 0.0743 e. The van der Waals surface area contributed by atoms with E-state index in [1.54, 1.807) is 0 Å². The number of aliphatic hydroxyl groups is 1. The van der Waals surface area contributed by atoms with Crippen LogP contribution in [0.25, 0.3) is 0 Å². The second kappa shape index (κ2) is 5.03. The molecular formula is C13H26N2O. The molecule has 3 aliphatic rings. The van der Waals surface area contributed by atoms with Crippen LogP contribution < -0.4 is 5.32 Å². The van der Waals surface area contributed by atoms with Gasteiger partial charge in [0.15, 0.2) is 0 Å². The van der Waals surface area contributed by atoms with Crippen LogP contribution in [0.2, 0.25) is 0 Å². The number of hydrogen-bond acceptors (Lipinski definition) is 3. The summed E-state index contributed by atoms with van der Waals surface area (Å²) in [5.41, 5.74) is -0.527. The Kier molecular flexibility index (Phi) is 3.88. The molecule has 0 aromatic rings. The highest BCUT2D eigenvalue weighted by Gasteiger charge is 2.34. The van der Waals surface area contributed by atoms with Gasteiger partial charge in [-0.05, 0) is 45.2 Å². The first-order valence-electron chi connectivity index (χ1n) is 6.79. The summed E-state index contributed by atoms with van der Waals surface area (Å²) < 4.78 is 0. The number of nitrogens with one attached hydrogen (secondary N) is 1. The highest BCUT2D eigenvalue weighted by molar-refractivity contribution is 4.92. The first-order chi connectivity index (χ1) is 7.61. The van der Waals surface area contributed by atoms with Crippen LogP contribution in [0.15, 0.2) is 0 Å². The highest BCUT2D eigenvalue weighted by Crippen LogP contribution is 2.27. The van der Waals surface area contributed by atoms with E-state index >= 15 is 0 Å². The quantitative estimate of drug-likeness (QED) is 0.740. The molecule has 0 amide bonds. The fraction of sp³-hybridized carbons (Fsp3) is 1.00. The Hall–Kier alpha value is -0.120. The first kappa shape index (κ1) is 12.3. The van der Waals surface area contributed by atoms with Gasteiger partial charge in [0.2, 0.25) is 0 Å². The maximum atomic E-state index is 10.1. The third-order valence-corrected chi connectivity index (χ3v) is 4.19. The van der Waals surface area contributed by atoms with Gasteiger partial charge in [0.1, 0.15) is 0 Å².